The highest BCUT2D eigenvalue weighted by molar-refractivity contribution is 5.88. The van der Waals surface area contributed by atoms with Gasteiger partial charge in [-0.1, -0.05) is 13.3 Å². The Morgan fingerprint density at radius 1 is 1.35 bits per heavy atom. The largest absolute Gasteiger partial charge is 0.480 e. The molecule has 2 atom stereocenters. The van der Waals surface area contributed by atoms with E-state index in [2.05, 4.69) is 5.32 Å². The minimum atomic E-state index is -1.29. The number of aliphatic carboxylic acids is 1. The molecule has 7 nitrogen and oxygen atoms in total. The zero-order valence-electron chi connectivity index (χ0n) is 9.81. The fourth-order valence-corrected chi connectivity index (χ4v) is 1.40. The van der Waals surface area contributed by atoms with Gasteiger partial charge in [0.2, 0.25) is 11.8 Å². The summed E-state index contributed by atoms with van der Waals surface area (Å²) in [6.07, 6.45) is 0.915. The smallest absolute Gasteiger partial charge is 0.326 e. The van der Waals surface area contributed by atoms with Gasteiger partial charge in [0.15, 0.2) is 0 Å². The van der Waals surface area contributed by atoms with E-state index in [1.54, 1.807) is 0 Å². The third-order valence-electron chi connectivity index (χ3n) is 2.31. The van der Waals surface area contributed by atoms with Crippen molar-refractivity contribution in [2.45, 2.75) is 32.2 Å². The van der Waals surface area contributed by atoms with Crippen molar-refractivity contribution in [2.75, 3.05) is 6.54 Å². The van der Waals surface area contributed by atoms with Crippen LogP contribution in [0.4, 0.5) is 0 Å². The molecule has 0 aliphatic heterocycles. The molecule has 0 aromatic carbocycles. The quantitative estimate of drug-likeness (QED) is 0.426. The fraction of sp³-hybridized carbons (Fsp3) is 0.700. The van der Waals surface area contributed by atoms with Crippen LogP contribution in [0.25, 0.3) is 0 Å². The fourth-order valence-electron chi connectivity index (χ4n) is 1.40. The Balaban J connectivity index is 4.47. The lowest BCUT2D eigenvalue weighted by Crippen LogP contribution is -2.46. The lowest BCUT2D eigenvalue weighted by Gasteiger charge is -2.18. The highest BCUT2D eigenvalue weighted by Crippen LogP contribution is 2.05. The predicted octanol–water partition coefficient (Wildman–Crippen LogP) is -1.19. The van der Waals surface area contributed by atoms with Gasteiger partial charge in [0.1, 0.15) is 6.04 Å². The second-order valence-electron chi connectivity index (χ2n) is 3.79. The number of carbonyl (C=O) groups excluding carboxylic acids is 2. The van der Waals surface area contributed by atoms with Crippen molar-refractivity contribution in [3.8, 4) is 0 Å². The van der Waals surface area contributed by atoms with Crippen LogP contribution in [0.5, 0.6) is 0 Å². The van der Waals surface area contributed by atoms with Gasteiger partial charge in [-0.25, -0.2) is 4.79 Å². The SMILES string of the molecule is CCCC(CN)C(=O)N[C@@H](CC(N)=O)C(=O)O. The van der Waals surface area contributed by atoms with Crippen LogP contribution in [0.1, 0.15) is 26.2 Å². The lowest BCUT2D eigenvalue weighted by atomic mass is 10.0. The first kappa shape index (κ1) is 15.4. The third kappa shape index (κ3) is 5.86. The van der Waals surface area contributed by atoms with Gasteiger partial charge in [-0.05, 0) is 6.42 Å². The molecule has 0 aromatic rings. The molecule has 98 valence electrons. The van der Waals surface area contributed by atoms with Crippen molar-refractivity contribution >= 4 is 17.8 Å². The summed E-state index contributed by atoms with van der Waals surface area (Å²) in [7, 11) is 0. The average Bonchev–Trinajstić information content (AvgIpc) is 2.23. The normalized spacial score (nSPS) is 13.8. The Morgan fingerprint density at radius 2 is 1.94 bits per heavy atom. The minimum absolute atomic E-state index is 0.141. The average molecular weight is 245 g/mol. The van der Waals surface area contributed by atoms with Gasteiger partial charge in [-0.15, -0.1) is 0 Å². The van der Waals surface area contributed by atoms with E-state index < -0.39 is 36.2 Å². The first-order valence-electron chi connectivity index (χ1n) is 5.43. The number of amides is 2. The molecule has 0 aliphatic carbocycles. The van der Waals surface area contributed by atoms with Crippen molar-refractivity contribution in [3.63, 3.8) is 0 Å². The Kier molecular flexibility index (Phi) is 6.88. The maximum atomic E-state index is 11.7. The number of nitrogens with one attached hydrogen (secondary N) is 1. The maximum absolute atomic E-state index is 11.7. The summed E-state index contributed by atoms with van der Waals surface area (Å²) in [5, 5.41) is 11.1. The zero-order chi connectivity index (χ0) is 13.4. The van der Waals surface area contributed by atoms with E-state index in [0.29, 0.717) is 6.42 Å². The standard InChI is InChI=1S/C10H19N3O4/c1-2-3-6(5-11)9(15)13-7(10(16)17)4-8(12)14/h6-7H,2-5,11H2,1H3,(H2,12,14)(H,13,15)(H,16,17)/t6?,7-/m0/s1. The zero-order valence-corrected chi connectivity index (χ0v) is 9.81. The molecule has 0 aromatic heterocycles. The molecule has 0 radical (unpaired) electrons. The molecule has 0 aliphatic rings. The van der Waals surface area contributed by atoms with Gasteiger partial charge >= 0.3 is 5.97 Å². The van der Waals surface area contributed by atoms with Crippen molar-refractivity contribution in [3.05, 3.63) is 0 Å². The van der Waals surface area contributed by atoms with Crippen molar-refractivity contribution in [1.29, 1.82) is 0 Å². The number of nitrogens with two attached hydrogens (primary N) is 2. The van der Waals surface area contributed by atoms with Crippen LogP contribution < -0.4 is 16.8 Å². The molecule has 7 heteroatoms. The van der Waals surface area contributed by atoms with Crippen LogP contribution >= 0.6 is 0 Å². The Hall–Kier alpha value is -1.63. The molecule has 0 spiro atoms. The Labute approximate surface area is 99.5 Å². The van der Waals surface area contributed by atoms with E-state index in [1.165, 1.54) is 0 Å². The summed E-state index contributed by atoms with van der Waals surface area (Å²) in [5.74, 6) is -2.96. The summed E-state index contributed by atoms with van der Waals surface area (Å²) in [4.78, 5) is 33.1. The van der Waals surface area contributed by atoms with E-state index in [4.69, 9.17) is 16.6 Å². The molecule has 0 fully saturated rings. The molecule has 17 heavy (non-hydrogen) atoms. The molecule has 0 saturated carbocycles. The molecule has 0 saturated heterocycles. The van der Waals surface area contributed by atoms with Crippen LogP contribution in [0.15, 0.2) is 0 Å². The maximum Gasteiger partial charge on any atom is 0.326 e. The molecule has 1 unspecified atom stereocenters. The number of hydrogen-bond donors (Lipinski definition) is 4. The topological polar surface area (TPSA) is 136 Å². The van der Waals surface area contributed by atoms with E-state index in [-0.39, 0.29) is 6.54 Å². The van der Waals surface area contributed by atoms with E-state index in [9.17, 15) is 14.4 Å². The van der Waals surface area contributed by atoms with E-state index in [0.717, 1.165) is 6.42 Å². The molecule has 0 rings (SSSR count). The molecule has 0 heterocycles. The molecular formula is C10H19N3O4. The first-order valence-corrected chi connectivity index (χ1v) is 5.43. The van der Waals surface area contributed by atoms with Crippen LogP contribution in [0, 0.1) is 5.92 Å². The second-order valence-corrected chi connectivity index (χ2v) is 3.79. The highest BCUT2D eigenvalue weighted by atomic mass is 16.4. The summed E-state index contributed by atoms with van der Waals surface area (Å²) in [6.45, 7) is 2.04. The van der Waals surface area contributed by atoms with Gasteiger partial charge in [0, 0.05) is 6.54 Å². The number of carboxylic acid groups (broad SMARTS) is 1. The number of primary amides is 1. The summed E-state index contributed by atoms with van der Waals surface area (Å²) >= 11 is 0. The van der Waals surface area contributed by atoms with Gasteiger partial charge in [0.25, 0.3) is 0 Å². The Bertz CT molecular complexity index is 293. The van der Waals surface area contributed by atoms with Gasteiger partial charge in [-0.2, -0.15) is 0 Å². The summed E-state index contributed by atoms with van der Waals surface area (Å²) in [6, 6.07) is -1.29. The number of carbonyl (C=O) groups is 3. The minimum Gasteiger partial charge on any atom is -0.480 e. The van der Waals surface area contributed by atoms with Crippen LogP contribution in [-0.2, 0) is 14.4 Å². The molecule has 6 N–H and O–H groups in total. The molecular weight excluding hydrogens is 226 g/mol. The summed E-state index contributed by atoms with van der Waals surface area (Å²) < 4.78 is 0. The van der Waals surface area contributed by atoms with Crippen LogP contribution in [-0.4, -0.2) is 35.5 Å². The van der Waals surface area contributed by atoms with Crippen molar-refractivity contribution in [1.82, 2.24) is 5.32 Å². The van der Waals surface area contributed by atoms with Crippen molar-refractivity contribution < 1.29 is 19.5 Å². The number of carboxylic acids is 1. The Morgan fingerprint density at radius 3 is 2.29 bits per heavy atom. The van der Waals surface area contributed by atoms with Gasteiger partial charge < -0.3 is 21.9 Å². The lowest BCUT2D eigenvalue weighted by molar-refractivity contribution is -0.143. The van der Waals surface area contributed by atoms with E-state index in [1.807, 2.05) is 6.92 Å². The van der Waals surface area contributed by atoms with Crippen LogP contribution in [0.2, 0.25) is 0 Å². The van der Waals surface area contributed by atoms with Crippen molar-refractivity contribution in [2.24, 2.45) is 17.4 Å². The number of rotatable bonds is 8. The molecule has 0 bridgehead atoms. The number of hydrogen-bond acceptors (Lipinski definition) is 4. The van der Waals surface area contributed by atoms with E-state index >= 15 is 0 Å². The predicted molar refractivity (Wildman–Crippen MR) is 60.8 cm³/mol. The van der Waals surface area contributed by atoms with Gasteiger partial charge in [0.05, 0.1) is 12.3 Å². The highest BCUT2D eigenvalue weighted by Gasteiger charge is 2.25. The van der Waals surface area contributed by atoms with Crippen LogP contribution in [0.3, 0.4) is 0 Å². The second kappa shape index (κ2) is 7.61. The monoisotopic (exact) mass is 245 g/mol. The van der Waals surface area contributed by atoms with Gasteiger partial charge in [-0.3, -0.25) is 9.59 Å². The molecule has 2 amide bonds. The summed E-state index contributed by atoms with van der Waals surface area (Å²) in [5.41, 5.74) is 10.3. The third-order valence-corrected chi connectivity index (χ3v) is 2.31. The first-order chi connectivity index (χ1) is 7.92.